The fourth-order valence-electron chi connectivity index (χ4n) is 2.64. The zero-order chi connectivity index (χ0) is 20.1. The fraction of sp³-hybridized carbons (Fsp3) is 0.478. The van der Waals surface area contributed by atoms with Crippen LogP contribution in [0, 0.1) is 12.8 Å². The van der Waals surface area contributed by atoms with Crippen LogP contribution in [0.2, 0.25) is 0 Å². The molecular formula is C23H37N3. The van der Waals surface area contributed by atoms with E-state index in [0.717, 1.165) is 34.3 Å². The molecule has 0 bridgehead atoms. The lowest BCUT2D eigenvalue weighted by molar-refractivity contribution is 0.576. The Morgan fingerprint density at radius 1 is 1.27 bits per heavy atom. The molecule has 3 nitrogen and oxygen atoms in total. The lowest BCUT2D eigenvalue weighted by atomic mass is 10.1. The summed E-state index contributed by atoms with van der Waals surface area (Å²) in [7, 11) is 2.02. The van der Waals surface area contributed by atoms with Crippen molar-refractivity contribution in [2.75, 3.05) is 0 Å². The van der Waals surface area contributed by atoms with Crippen LogP contribution < -0.4 is 0 Å². The van der Waals surface area contributed by atoms with E-state index >= 15 is 0 Å². The largest absolute Gasteiger partial charge is 0.350 e. The van der Waals surface area contributed by atoms with Crippen LogP contribution in [0.25, 0.3) is 23.4 Å². The van der Waals surface area contributed by atoms with Gasteiger partial charge in [-0.1, -0.05) is 66.2 Å². The molecule has 0 aliphatic carbocycles. The highest BCUT2D eigenvalue weighted by atomic mass is 14.9. The monoisotopic (exact) mass is 355 g/mol. The molecule has 0 unspecified atom stereocenters. The normalized spacial score (nSPS) is 10.2. The zero-order valence-corrected chi connectivity index (χ0v) is 18.0. The number of aryl methyl sites for hydroxylation is 2. The number of allylic oxidation sites excluding steroid dienone is 1. The van der Waals surface area contributed by atoms with E-state index in [1.54, 1.807) is 6.20 Å². The van der Waals surface area contributed by atoms with Gasteiger partial charge in [-0.25, -0.2) is 9.97 Å². The molecule has 0 amide bonds. The minimum atomic E-state index is 0.780. The number of aromatic nitrogens is 3. The summed E-state index contributed by atoms with van der Waals surface area (Å²) in [5.74, 6) is 1.68. The van der Waals surface area contributed by atoms with Gasteiger partial charge in [0.15, 0.2) is 0 Å². The third-order valence-electron chi connectivity index (χ3n) is 3.71. The first-order valence-electron chi connectivity index (χ1n) is 9.69. The SMILES string of the molecule is C=Cc1c(/C=C\C)c(-c2ccnc(C)n2)cn1C.CC.CCCC(C)C. The Kier molecular flexibility index (Phi) is 12.0. The second-order valence-corrected chi connectivity index (χ2v) is 6.33. The van der Waals surface area contributed by atoms with Gasteiger partial charge in [0.2, 0.25) is 0 Å². The van der Waals surface area contributed by atoms with E-state index in [4.69, 9.17) is 0 Å². The summed E-state index contributed by atoms with van der Waals surface area (Å²) in [6.45, 7) is 18.5. The molecule has 2 heterocycles. The smallest absolute Gasteiger partial charge is 0.125 e. The van der Waals surface area contributed by atoms with Crippen molar-refractivity contribution in [1.29, 1.82) is 0 Å². The van der Waals surface area contributed by atoms with Gasteiger partial charge in [-0.15, -0.1) is 0 Å². The molecule has 0 atom stereocenters. The molecule has 144 valence electrons. The highest BCUT2D eigenvalue weighted by Crippen LogP contribution is 2.28. The van der Waals surface area contributed by atoms with Gasteiger partial charge in [0, 0.05) is 36.3 Å². The van der Waals surface area contributed by atoms with Crippen LogP contribution in [0.3, 0.4) is 0 Å². The molecule has 2 aromatic heterocycles. The van der Waals surface area contributed by atoms with Crippen LogP contribution in [0.5, 0.6) is 0 Å². The van der Waals surface area contributed by atoms with E-state index in [2.05, 4.69) is 54.2 Å². The first kappa shape index (κ1) is 23.8. The second-order valence-electron chi connectivity index (χ2n) is 6.33. The average Bonchev–Trinajstić information content (AvgIpc) is 2.93. The molecule has 0 fully saturated rings. The highest BCUT2D eigenvalue weighted by Gasteiger charge is 2.12. The topological polar surface area (TPSA) is 30.7 Å². The number of hydrogen-bond acceptors (Lipinski definition) is 2. The van der Waals surface area contributed by atoms with Crippen LogP contribution in [0.15, 0.2) is 31.1 Å². The van der Waals surface area contributed by atoms with E-state index < -0.39 is 0 Å². The molecule has 0 aromatic carbocycles. The minimum absolute atomic E-state index is 0.780. The molecule has 26 heavy (non-hydrogen) atoms. The first-order valence-corrected chi connectivity index (χ1v) is 9.69. The van der Waals surface area contributed by atoms with Gasteiger partial charge >= 0.3 is 0 Å². The van der Waals surface area contributed by atoms with E-state index in [9.17, 15) is 0 Å². The van der Waals surface area contributed by atoms with Crippen molar-refractivity contribution in [2.45, 2.75) is 61.3 Å². The van der Waals surface area contributed by atoms with Gasteiger partial charge in [-0.05, 0) is 31.9 Å². The third-order valence-corrected chi connectivity index (χ3v) is 3.71. The maximum atomic E-state index is 4.48. The van der Waals surface area contributed by atoms with Gasteiger partial charge in [0.1, 0.15) is 5.82 Å². The lowest BCUT2D eigenvalue weighted by Crippen LogP contribution is -1.90. The third kappa shape index (κ3) is 7.38. The van der Waals surface area contributed by atoms with Crippen molar-refractivity contribution in [3.05, 3.63) is 48.2 Å². The van der Waals surface area contributed by atoms with E-state index in [0.29, 0.717) is 0 Å². The van der Waals surface area contributed by atoms with Crippen LogP contribution in [-0.2, 0) is 7.05 Å². The van der Waals surface area contributed by atoms with Gasteiger partial charge in [-0.3, -0.25) is 0 Å². The Morgan fingerprint density at radius 2 is 1.92 bits per heavy atom. The molecule has 2 rings (SSSR count). The minimum Gasteiger partial charge on any atom is -0.350 e. The fourth-order valence-corrected chi connectivity index (χ4v) is 2.64. The van der Waals surface area contributed by atoms with Gasteiger partial charge in [0.05, 0.1) is 5.69 Å². The number of nitrogens with zero attached hydrogens (tertiary/aromatic N) is 3. The molecule has 0 saturated carbocycles. The van der Waals surface area contributed by atoms with Crippen molar-refractivity contribution in [3.8, 4) is 11.3 Å². The molecule has 0 saturated heterocycles. The molecule has 0 spiro atoms. The predicted octanol–water partition coefficient (Wildman–Crippen LogP) is 6.94. The predicted molar refractivity (Wildman–Crippen MR) is 117 cm³/mol. The standard InChI is InChI=1S/C15H17N3.C6H14.C2H6/c1-5-7-12-13(10-18(4)15(12)6-2)14-8-9-16-11(3)17-14;1-4-5-6(2)3;1-2/h5-10H,2H2,1,3-4H3;6H,4-5H2,1-3H3;1-2H3/b7-5-;;. The first-order chi connectivity index (χ1) is 12.4. The van der Waals surface area contributed by atoms with Crippen molar-refractivity contribution in [2.24, 2.45) is 13.0 Å². The maximum Gasteiger partial charge on any atom is 0.125 e. The Balaban J connectivity index is 0.000000667. The summed E-state index contributed by atoms with van der Waals surface area (Å²) >= 11 is 0. The van der Waals surface area contributed by atoms with Gasteiger partial charge < -0.3 is 4.57 Å². The number of hydrogen-bond donors (Lipinski definition) is 0. The summed E-state index contributed by atoms with van der Waals surface area (Å²) in [6.07, 6.45) is 12.6. The van der Waals surface area contributed by atoms with Crippen molar-refractivity contribution in [3.63, 3.8) is 0 Å². The van der Waals surface area contributed by atoms with E-state index in [1.807, 2.05) is 53.0 Å². The Bertz CT molecular complexity index is 679. The number of rotatable bonds is 5. The molecule has 0 aliphatic rings. The molecule has 2 aromatic rings. The highest BCUT2D eigenvalue weighted by molar-refractivity contribution is 5.78. The summed E-state index contributed by atoms with van der Waals surface area (Å²) in [6, 6.07) is 1.93. The molecule has 0 N–H and O–H groups in total. The van der Waals surface area contributed by atoms with Crippen molar-refractivity contribution in [1.82, 2.24) is 14.5 Å². The average molecular weight is 356 g/mol. The molecule has 0 aliphatic heterocycles. The Hall–Kier alpha value is -2.16. The van der Waals surface area contributed by atoms with Crippen LogP contribution in [0.4, 0.5) is 0 Å². The Labute approximate surface area is 160 Å². The van der Waals surface area contributed by atoms with E-state index in [-0.39, 0.29) is 0 Å². The lowest BCUT2D eigenvalue weighted by Gasteiger charge is -2.01. The summed E-state index contributed by atoms with van der Waals surface area (Å²) < 4.78 is 2.06. The quantitative estimate of drug-likeness (QED) is 0.582. The van der Waals surface area contributed by atoms with Gasteiger partial charge in [-0.2, -0.15) is 0 Å². The second kappa shape index (κ2) is 13.1. The van der Waals surface area contributed by atoms with Crippen molar-refractivity contribution < 1.29 is 0 Å². The summed E-state index contributed by atoms with van der Waals surface area (Å²) in [5.41, 5.74) is 4.29. The van der Waals surface area contributed by atoms with Crippen LogP contribution >= 0.6 is 0 Å². The summed E-state index contributed by atoms with van der Waals surface area (Å²) in [5, 5.41) is 0. The maximum absolute atomic E-state index is 4.48. The molecule has 3 heteroatoms. The van der Waals surface area contributed by atoms with Crippen molar-refractivity contribution >= 4 is 12.2 Å². The van der Waals surface area contributed by atoms with Gasteiger partial charge in [0.25, 0.3) is 0 Å². The molecular weight excluding hydrogens is 318 g/mol. The van der Waals surface area contributed by atoms with Crippen LogP contribution in [-0.4, -0.2) is 14.5 Å². The van der Waals surface area contributed by atoms with E-state index in [1.165, 1.54) is 12.8 Å². The Morgan fingerprint density at radius 3 is 2.35 bits per heavy atom. The zero-order valence-electron chi connectivity index (χ0n) is 18.0. The summed E-state index contributed by atoms with van der Waals surface area (Å²) in [4.78, 5) is 8.62. The van der Waals surface area contributed by atoms with Crippen LogP contribution in [0.1, 0.15) is 71.5 Å². The molecule has 0 radical (unpaired) electrons.